The maximum atomic E-state index is 12.3. The van der Waals surface area contributed by atoms with Crippen LogP contribution in [-0.2, 0) is 14.3 Å². The van der Waals surface area contributed by atoms with E-state index in [4.69, 9.17) is 37.8 Å². The molecule has 8 heteroatoms. The highest BCUT2D eigenvalue weighted by Crippen LogP contribution is 2.32. The number of morpholine rings is 1. The van der Waals surface area contributed by atoms with Crippen molar-refractivity contribution in [1.82, 2.24) is 4.90 Å². The molecular weight excluding hydrogens is 333 g/mol. The summed E-state index contributed by atoms with van der Waals surface area (Å²) in [5, 5.41) is 9.51. The third kappa shape index (κ3) is 3.82. The van der Waals surface area contributed by atoms with Gasteiger partial charge in [-0.05, 0) is 19.1 Å². The highest BCUT2D eigenvalue weighted by Gasteiger charge is 2.31. The van der Waals surface area contributed by atoms with E-state index in [0.717, 1.165) is 0 Å². The summed E-state index contributed by atoms with van der Waals surface area (Å²) in [4.78, 5) is 24.7. The summed E-state index contributed by atoms with van der Waals surface area (Å²) in [5.41, 5.74) is 0. The summed E-state index contributed by atoms with van der Waals surface area (Å²) in [7, 11) is 0. The first-order chi connectivity index (χ1) is 10.4. The lowest BCUT2D eigenvalue weighted by atomic mass is 10.2. The predicted octanol–water partition coefficient (Wildman–Crippen LogP) is 2.07. The third-order valence-electron chi connectivity index (χ3n) is 3.22. The molecule has 2 rings (SSSR count). The first-order valence-corrected chi connectivity index (χ1v) is 7.39. The number of carbonyl (C=O) groups is 2. The fraction of sp³-hybridized carbons (Fsp3) is 0.429. The molecule has 0 spiro atoms. The van der Waals surface area contributed by atoms with Crippen molar-refractivity contribution in [2.45, 2.75) is 19.1 Å². The minimum absolute atomic E-state index is 0.00879. The van der Waals surface area contributed by atoms with E-state index in [0.29, 0.717) is 17.3 Å². The molecule has 1 aromatic carbocycles. The molecule has 1 heterocycles. The molecule has 0 saturated carbocycles. The van der Waals surface area contributed by atoms with Crippen molar-refractivity contribution in [3.05, 3.63) is 28.2 Å². The number of hydrogen-bond acceptors (Lipinski definition) is 4. The number of carboxylic acid groups (broad SMARTS) is 1. The van der Waals surface area contributed by atoms with Crippen LogP contribution in [0.2, 0.25) is 10.0 Å². The second-order valence-electron chi connectivity index (χ2n) is 4.79. The molecule has 0 aromatic heterocycles. The van der Waals surface area contributed by atoms with Crippen LogP contribution < -0.4 is 4.74 Å². The number of benzene rings is 1. The smallest absolute Gasteiger partial charge is 0.334 e. The number of hydrogen-bond donors (Lipinski definition) is 1. The number of ether oxygens (including phenoxy) is 2. The fourth-order valence-electron chi connectivity index (χ4n) is 2.07. The van der Waals surface area contributed by atoms with E-state index < -0.39 is 18.2 Å². The van der Waals surface area contributed by atoms with Gasteiger partial charge in [0.25, 0.3) is 5.91 Å². The Kier molecular flexibility index (Phi) is 5.50. The molecule has 0 aliphatic carbocycles. The molecule has 6 nitrogen and oxygen atoms in total. The Morgan fingerprint density at radius 2 is 2.18 bits per heavy atom. The summed E-state index contributed by atoms with van der Waals surface area (Å²) in [6, 6.07) is 4.88. The number of amides is 1. The Morgan fingerprint density at radius 3 is 2.86 bits per heavy atom. The van der Waals surface area contributed by atoms with Gasteiger partial charge >= 0.3 is 5.97 Å². The van der Waals surface area contributed by atoms with Gasteiger partial charge in [0.2, 0.25) is 0 Å². The minimum atomic E-state index is -1.09. The Labute approximate surface area is 137 Å². The third-order valence-corrected chi connectivity index (χ3v) is 4.02. The summed E-state index contributed by atoms with van der Waals surface area (Å²) in [5.74, 6) is -1.12. The molecule has 1 aliphatic rings. The van der Waals surface area contributed by atoms with Crippen molar-refractivity contribution < 1.29 is 24.2 Å². The topological polar surface area (TPSA) is 76.1 Å². The zero-order chi connectivity index (χ0) is 16.3. The zero-order valence-corrected chi connectivity index (χ0v) is 13.3. The lowest BCUT2D eigenvalue weighted by Crippen LogP contribution is -2.51. The Morgan fingerprint density at radius 1 is 1.45 bits per heavy atom. The van der Waals surface area contributed by atoms with Crippen molar-refractivity contribution in [3.8, 4) is 5.75 Å². The van der Waals surface area contributed by atoms with Crippen LogP contribution in [-0.4, -0.2) is 53.8 Å². The minimum Gasteiger partial charge on any atom is -0.479 e. The molecule has 22 heavy (non-hydrogen) atoms. The highest BCUT2D eigenvalue weighted by atomic mass is 35.5. The zero-order valence-electron chi connectivity index (χ0n) is 11.8. The molecule has 1 aliphatic heterocycles. The molecule has 2 atom stereocenters. The van der Waals surface area contributed by atoms with Gasteiger partial charge in [-0.25, -0.2) is 4.79 Å². The van der Waals surface area contributed by atoms with Crippen LogP contribution in [0, 0.1) is 0 Å². The number of aliphatic carboxylic acids is 1. The molecule has 1 N–H and O–H groups in total. The quantitative estimate of drug-likeness (QED) is 0.902. The number of halogens is 2. The molecule has 1 amide bonds. The van der Waals surface area contributed by atoms with Gasteiger partial charge in [-0.15, -0.1) is 0 Å². The largest absolute Gasteiger partial charge is 0.479 e. The summed E-state index contributed by atoms with van der Waals surface area (Å²) >= 11 is 11.9. The van der Waals surface area contributed by atoms with E-state index in [1.807, 2.05) is 0 Å². The predicted molar refractivity (Wildman–Crippen MR) is 80.5 cm³/mol. The van der Waals surface area contributed by atoms with Crippen LogP contribution >= 0.6 is 23.2 Å². The highest BCUT2D eigenvalue weighted by molar-refractivity contribution is 6.42. The normalized spacial score (nSPS) is 19.6. The van der Waals surface area contributed by atoms with Gasteiger partial charge in [0.1, 0.15) is 10.8 Å². The van der Waals surface area contributed by atoms with Gasteiger partial charge < -0.3 is 19.5 Å². The van der Waals surface area contributed by atoms with Crippen molar-refractivity contribution in [2.75, 3.05) is 19.7 Å². The van der Waals surface area contributed by atoms with Gasteiger partial charge in [0.15, 0.2) is 12.2 Å². The maximum absolute atomic E-state index is 12.3. The molecule has 0 radical (unpaired) electrons. The van der Waals surface area contributed by atoms with E-state index >= 15 is 0 Å². The average molecular weight is 348 g/mol. The van der Waals surface area contributed by atoms with Crippen LogP contribution in [0.4, 0.5) is 0 Å². The van der Waals surface area contributed by atoms with Crippen LogP contribution in [0.1, 0.15) is 6.92 Å². The van der Waals surface area contributed by atoms with Gasteiger partial charge in [-0.2, -0.15) is 0 Å². The lowest BCUT2D eigenvalue weighted by Gasteiger charge is -2.32. The van der Waals surface area contributed by atoms with E-state index in [-0.39, 0.29) is 24.1 Å². The van der Waals surface area contributed by atoms with E-state index in [9.17, 15) is 9.59 Å². The SMILES string of the molecule is C[C@H](Oc1cccc(Cl)c1Cl)C(=O)N1CCO[C@H](C(=O)O)C1. The second kappa shape index (κ2) is 7.17. The van der Waals surface area contributed by atoms with Crippen molar-refractivity contribution >= 4 is 35.1 Å². The van der Waals surface area contributed by atoms with Gasteiger partial charge in [0, 0.05) is 6.54 Å². The maximum Gasteiger partial charge on any atom is 0.334 e. The van der Waals surface area contributed by atoms with Crippen molar-refractivity contribution in [3.63, 3.8) is 0 Å². The van der Waals surface area contributed by atoms with Gasteiger partial charge in [0.05, 0.1) is 18.2 Å². The molecule has 1 aromatic rings. The molecular formula is C14H15Cl2NO5. The lowest BCUT2D eigenvalue weighted by molar-refractivity contribution is -0.161. The van der Waals surface area contributed by atoms with Crippen LogP contribution in [0.15, 0.2) is 18.2 Å². The monoisotopic (exact) mass is 347 g/mol. The van der Waals surface area contributed by atoms with E-state index in [1.54, 1.807) is 25.1 Å². The Balaban J connectivity index is 2.02. The number of carboxylic acids is 1. The van der Waals surface area contributed by atoms with E-state index in [1.165, 1.54) is 4.90 Å². The Bertz CT molecular complexity index is 580. The molecule has 1 fully saturated rings. The second-order valence-corrected chi connectivity index (χ2v) is 5.58. The van der Waals surface area contributed by atoms with E-state index in [2.05, 4.69) is 0 Å². The van der Waals surface area contributed by atoms with Crippen LogP contribution in [0.3, 0.4) is 0 Å². The molecule has 0 bridgehead atoms. The van der Waals surface area contributed by atoms with Crippen LogP contribution in [0.25, 0.3) is 0 Å². The van der Waals surface area contributed by atoms with Gasteiger partial charge in [-0.1, -0.05) is 29.3 Å². The van der Waals surface area contributed by atoms with Crippen molar-refractivity contribution in [1.29, 1.82) is 0 Å². The molecule has 1 saturated heterocycles. The van der Waals surface area contributed by atoms with Gasteiger partial charge in [-0.3, -0.25) is 4.79 Å². The Hall–Kier alpha value is -1.50. The first kappa shape index (κ1) is 16.9. The number of carbonyl (C=O) groups excluding carboxylic acids is 1. The molecule has 0 unspecified atom stereocenters. The first-order valence-electron chi connectivity index (χ1n) is 6.64. The summed E-state index contributed by atoms with van der Waals surface area (Å²) in [6.07, 6.45) is -1.83. The average Bonchev–Trinajstić information content (AvgIpc) is 2.51. The standard InChI is InChI=1S/C14H15Cl2NO5/c1-8(22-10-4-2-3-9(15)12(10)16)13(18)17-5-6-21-11(7-17)14(19)20/h2-4,8,11H,5-7H2,1H3,(H,19,20)/t8-,11-/m0/s1. The fourth-order valence-corrected chi connectivity index (χ4v) is 2.41. The number of nitrogens with zero attached hydrogens (tertiary/aromatic N) is 1. The van der Waals surface area contributed by atoms with Crippen molar-refractivity contribution in [2.24, 2.45) is 0 Å². The summed E-state index contributed by atoms with van der Waals surface area (Å²) < 4.78 is 10.6. The summed E-state index contributed by atoms with van der Waals surface area (Å²) in [6.45, 7) is 2.06. The molecule has 120 valence electrons. The van der Waals surface area contributed by atoms with Crippen LogP contribution in [0.5, 0.6) is 5.75 Å². The number of rotatable bonds is 4.